The molecule has 2 rings (SSSR count). The standard InChI is InChI=1S/C21H21NO5/c1-21(2,25)12-11-15-8-7-9-16(14-15)22-13-6-5-10-17(19(23)26-3)18(22)20(24)27-4/h5-10,13-14,25H,1-4H3. The molecule has 0 spiro atoms. The fraction of sp³-hybridized carbons (Fsp3) is 0.238. The van der Waals surface area contributed by atoms with E-state index >= 15 is 0 Å². The van der Waals surface area contributed by atoms with Gasteiger partial charge in [-0.1, -0.05) is 24.0 Å². The van der Waals surface area contributed by atoms with E-state index < -0.39 is 17.5 Å². The number of methoxy groups -OCH3 is 2. The fourth-order valence-corrected chi connectivity index (χ4v) is 2.32. The predicted octanol–water partition coefficient (Wildman–Crippen LogP) is 2.30. The molecule has 0 bridgehead atoms. The van der Waals surface area contributed by atoms with Crippen molar-refractivity contribution in [3.63, 3.8) is 0 Å². The van der Waals surface area contributed by atoms with E-state index in [-0.39, 0.29) is 11.3 Å². The number of hydrogen-bond donors (Lipinski definition) is 1. The van der Waals surface area contributed by atoms with Gasteiger partial charge in [0.2, 0.25) is 0 Å². The van der Waals surface area contributed by atoms with E-state index in [4.69, 9.17) is 9.47 Å². The SMILES string of the molecule is COC(=O)C1=C(C(=O)OC)N(c2cccc(C#CC(C)(C)O)c2)C=CC=C1. The van der Waals surface area contributed by atoms with Gasteiger partial charge >= 0.3 is 11.9 Å². The lowest BCUT2D eigenvalue weighted by Crippen LogP contribution is -2.27. The van der Waals surface area contributed by atoms with Crippen molar-refractivity contribution >= 4 is 17.6 Å². The Morgan fingerprint density at radius 2 is 1.81 bits per heavy atom. The second-order valence-electron chi connectivity index (χ2n) is 6.18. The van der Waals surface area contributed by atoms with Crippen LogP contribution in [-0.4, -0.2) is 36.9 Å². The molecule has 0 unspecified atom stereocenters. The topological polar surface area (TPSA) is 76.1 Å². The monoisotopic (exact) mass is 367 g/mol. The van der Waals surface area contributed by atoms with Crippen LogP contribution in [0.4, 0.5) is 5.69 Å². The van der Waals surface area contributed by atoms with Crippen LogP contribution in [0.1, 0.15) is 19.4 Å². The van der Waals surface area contributed by atoms with Gasteiger partial charge < -0.3 is 19.5 Å². The minimum absolute atomic E-state index is 0.0296. The molecule has 0 aliphatic carbocycles. The molecule has 6 heteroatoms. The van der Waals surface area contributed by atoms with Crippen LogP contribution in [0.25, 0.3) is 0 Å². The summed E-state index contributed by atoms with van der Waals surface area (Å²) in [4.78, 5) is 26.1. The molecule has 0 amide bonds. The summed E-state index contributed by atoms with van der Waals surface area (Å²) in [5, 5.41) is 9.78. The van der Waals surface area contributed by atoms with E-state index in [0.29, 0.717) is 11.3 Å². The molecule has 6 nitrogen and oxygen atoms in total. The predicted molar refractivity (Wildman–Crippen MR) is 101 cm³/mol. The van der Waals surface area contributed by atoms with Crippen molar-refractivity contribution in [1.82, 2.24) is 0 Å². The van der Waals surface area contributed by atoms with E-state index in [0.717, 1.165) is 0 Å². The number of carbonyl (C=O) groups excluding carboxylic acids is 2. The second-order valence-corrected chi connectivity index (χ2v) is 6.18. The molecule has 0 aromatic heterocycles. The molecule has 1 aliphatic rings. The number of esters is 2. The van der Waals surface area contributed by atoms with E-state index in [1.807, 2.05) is 0 Å². The summed E-state index contributed by atoms with van der Waals surface area (Å²) >= 11 is 0. The third-order valence-electron chi connectivity index (χ3n) is 3.53. The van der Waals surface area contributed by atoms with Crippen LogP contribution in [0.2, 0.25) is 0 Å². The van der Waals surface area contributed by atoms with Crippen LogP contribution in [0.15, 0.2) is 60.0 Å². The van der Waals surface area contributed by atoms with Gasteiger partial charge in [0.25, 0.3) is 0 Å². The van der Waals surface area contributed by atoms with Crippen molar-refractivity contribution in [3.8, 4) is 11.8 Å². The molecule has 1 aliphatic heterocycles. The number of rotatable bonds is 3. The van der Waals surface area contributed by atoms with Gasteiger partial charge in [-0.2, -0.15) is 0 Å². The highest BCUT2D eigenvalue weighted by atomic mass is 16.5. The maximum absolute atomic E-state index is 12.4. The maximum atomic E-state index is 12.4. The number of aliphatic hydroxyl groups is 1. The Bertz CT molecular complexity index is 891. The number of allylic oxidation sites excluding steroid dienone is 2. The Hall–Kier alpha value is -3.30. The Morgan fingerprint density at radius 3 is 2.44 bits per heavy atom. The zero-order valence-corrected chi connectivity index (χ0v) is 15.6. The normalized spacial score (nSPS) is 13.6. The van der Waals surface area contributed by atoms with Gasteiger partial charge in [-0.25, -0.2) is 9.59 Å². The van der Waals surface area contributed by atoms with E-state index in [2.05, 4.69) is 11.8 Å². The summed E-state index contributed by atoms with van der Waals surface area (Å²) in [5.74, 6) is 4.30. The highest BCUT2D eigenvalue weighted by Crippen LogP contribution is 2.26. The van der Waals surface area contributed by atoms with Crippen LogP contribution >= 0.6 is 0 Å². The smallest absolute Gasteiger partial charge is 0.355 e. The van der Waals surface area contributed by atoms with E-state index in [1.165, 1.54) is 25.2 Å². The van der Waals surface area contributed by atoms with Gasteiger partial charge in [-0.3, -0.25) is 0 Å². The molecule has 1 heterocycles. The van der Waals surface area contributed by atoms with E-state index in [9.17, 15) is 14.7 Å². The van der Waals surface area contributed by atoms with Crippen molar-refractivity contribution in [3.05, 3.63) is 65.5 Å². The molecule has 0 radical (unpaired) electrons. The highest BCUT2D eigenvalue weighted by Gasteiger charge is 2.27. The van der Waals surface area contributed by atoms with Gasteiger partial charge in [0.1, 0.15) is 11.3 Å². The molecule has 0 atom stereocenters. The van der Waals surface area contributed by atoms with Crippen molar-refractivity contribution in [1.29, 1.82) is 0 Å². The number of ether oxygens (including phenoxy) is 2. The summed E-state index contributed by atoms with van der Waals surface area (Å²) in [5.41, 5.74) is 0.213. The third kappa shape index (κ3) is 5.09. The van der Waals surface area contributed by atoms with Gasteiger partial charge in [0, 0.05) is 17.5 Å². The minimum atomic E-state index is -1.13. The molecular formula is C21H21NO5. The second kappa shape index (κ2) is 8.39. The summed E-state index contributed by atoms with van der Waals surface area (Å²) in [7, 11) is 2.49. The van der Waals surface area contributed by atoms with E-state index in [1.54, 1.807) is 56.5 Å². The van der Waals surface area contributed by atoms with Gasteiger partial charge in [0.05, 0.1) is 19.8 Å². The van der Waals surface area contributed by atoms with Crippen LogP contribution in [-0.2, 0) is 19.1 Å². The van der Waals surface area contributed by atoms with Gasteiger partial charge in [0.15, 0.2) is 0 Å². The lowest BCUT2D eigenvalue weighted by atomic mass is 10.1. The molecular weight excluding hydrogens is 346 g/mol. The number of carbonyl (C=O) groups is 2. The number of nitrogens with zero attached hydrogens (tertiary/aromatic N) is 1. The zero-order valence-electron chi connectivity index (χ0n) is 15.6. The molecule has 0 fully saturated rings. The van der Waals surface area contributed by atoms with Crippen LogP contribution in [0, 0.1) is 11.8 Å². The quantitative estimate of drug-likeness (QED) is 0.653. The average Bonchev–Trinajstić information content (AvgIpc) is 2.87. The summed E-state index contributed by atoms with van der Waals surface area (Å²) < 4.78 is 9.66. The molecule has 0 saturated heterocycles. The first-order valence-corrected chi connectivity index (χ1v) is 8.17. The summed E-state index contributed by atoms with van der Waals surface area (Å²) in [6.07, 6.45) is 6.45. The van der Waals surface area contributed by atoms with Crippen molar-refractivity contribution < 1.29 is 24.2 Å². The molecule has 27 heavy (non-hydrogen) atoms. The van der Waals surface area contributed by atoms with Crippen LogP contribution in [0.3, 0.4) is 0 Å². The maximum Gasteiger partial charge on any atom is 0.355 e. The highest BCUT2D eigenvalue weighted by molar-refractivity contribution is 6.05. The summed E-state index contributed by atoms with van der Waals surface area (Å²) in [6.45, 7) is 3.18. The lowest BCUT2D eigenvalue weighted by molar-refractivity contribution is -0.139. The molecule has 0 saturated carbocycles. The number of hydrogen-bond acceptors (Lipinski definition) is 6. The first kappa shape index (κ1) is 20.0. The zero-order chi connectivity index (χ0) is 20.0. The first-order chi connectivity index (χ1) is 12.8. The van der Waals surface area contributed by atoms with Gasteiger partial charge in [-0.05, 0) is 44.2 Å². The number of anilines is 1. The fourth-order valence-electron chi connectivity index (χ4n) is 2.32. The van der Waals surface area contributed by atoms with Gasteiger partial charge in [-0.15, -0.1) is 0 Å². The van der Waals surface area contributed by atoms with Crippen LogP contribution < -0.4 is 4.90 Å². The Kier molecular flexibility index (Phi) is 6.22. The summed E-state index contributed by atoms with van der Waals surface area (Å²) in [6, 6.07) is 7.06. The van der Waals surface area contributed by atoms with Crippen molar-refractivity contribution in [2.24, 2.45) is 0 Å². The molecule has 1 aromatic rings. The molecule has 1 N–H and O–H groups in total. The van der Waals surface area contributed by atoms with Crippen molar-refractivity contribution in [2.45, 2.75) is 19.4 Å². The largest absolute Gasteiger partial charge is 0.465 e. The first-order valence-electron chi connectivity index (χ1n) is 8.17. The lowest BCUT2D eigenvalue weighted by Gasteiger charge is -2.23. The molecule has 1 aromatic carbocycles. The Balaban J connectivity index is 2.59. The Labute approximate surface area is 158 Å². The number of benzene rings is 1. The van der Waals surface area contributed by atoms with Crippen LogP contribution in [0.5, 0.6) is 0 Å². The Morgan fingerprint density at radius 1 is 1.11 bits per heavy atom. The van der Waals surface area contributed by atoms with Crippen molar-refractivity contribution in [2.75, 3.05) is 19.1 Å². The average molecular weight is 367 g/mol. The third-order valence-corrected chi connectivity index (χ3v) is 3.53. The molecule has 140 valence electrons. The minimum Gasteiger partial charge on any atom is -0.465 e.